The van der Waals surface area contributed by atoms with Gasteiger partial charge in [0.15, 0.2) is 0 Å². The molecule has 2 rings (SSSR count). The van der Waals surface area contributed by atoms with Crippen molar-refractivity contribution in [2.24, 2.45) is 5.73 Å². The second-order valence-electron chi connectivity index (χ2n) is 4.22. The molecule has 0 aliphatic rings. The van der Waals surface area contributed by atoms with Crippen molar-refractivity contribution in [3.63, 3.8) is 0 Å². The monoisotopic (exact) mass is 289 g/mol. The fraction of sp³-hybridized carbons (Fsp3) is 0.250. The lowest BCUT2D eigenvalue weighted by Crippen LogP contribution is -2.00. The zero-order valence-corrected chi connectivity index (χ0v) is 12.4. The highest BCUT2D eigenvalue weighted by Gasteiger charge is 1.98. The summed E-state index contributed by atoms with van der Waals surface area (Å²) in [6.07, 6.45) is 0. The number of rotatable bonds is 7. The van der Waals surface area contributed by atoms with Crippen molar-refractivity contribution in [1.82, 2.24) is 0 Å². The molecule has 106 valence electrons. The van der Waals surface area contributed by atoms with E-state index >= 15 is 0 Å². The summed E-state index contributed by atoms with van der Waals surface area (Å²) in [5, 5.41) is 0. The van der Waals surface area contributed by atoms with Crippen molar-refractivity contribution >= 4 is 11.8 Å². The van der Waals surface area contributed by atoms with Gasteiger partial charge in [0.05, 0.1) is 13.7 Å². The maximum atomic E-state index is 5.68. The summed E-state index contributed by atoms with van der Waals surface area (Å²) < 4.78 is 10.8. The van der Waals surface area contributed by atoms with E-state index in [2.05, 4.69) is 12.1 Å². The summed E-state index contributed by atoms with van der Waals surface area (Å²) in [5.74, 6) is 2.60. The Hall–Kier alpha value is -1.65. The molecule has 2 aromatic carbocycles. The molecule has 20 heavy (non-hydrogen) atoms. The first-order valence-corrected chi connectivity index (χ1v) is 7.49. The highest BCUT2D eigenvalue weighted by atomic mass is 32.2. The third kappa shape index (κ3) is 4.47. The summed E-state index contributed by atoms with van der Waals surface area (Å²) in [5.41, 5.74) is 6.79. The van der Waals surface area contributed by atoms with Gasteiger partial charge in [0.1, 0.15) is 11.5 Å². The number of ether oxygens (including phenoxy) is 2. The van der Waals surface area contributed by atoms with Gasteiger partial charge in [0.25, 0.3) is 0 Å². The Morgan fingerprint density at radius 3 is 2.50 bits per heavy atom. The number of hydrogen-bond donors (Lipinski definition) is 1. The van der Waals surface area contributed by atoms with Gasteiger partial charge in [0.2, 0.25) is 0 Å². The molecule has 0 amide bonds. The van der Waals surface area contributed by atoms with E-state index < -0.39 is 0 Å². The summed E-state index contributed by atoms with van der Waals surface area (Å²) in [6.45, 7) is 1.25. The van der Waals surface area contributed by atoms with Gasteiger partial charge in [0, 0.05) is 17.2 Å². The van der Waals surface area contributed by atoms with Gasteiger partial charge < -0.3 is 15.2 Å². The molecule has 0 radical (unpaired) electrons. The number of nitrogens with two attached hydrogens (primary N) is 1. The molecule has 3 nitrogen and oxygen atoms in total. The van der Waals surface area contributed by atoms with E-state index in [0.717, 1.165) is 22.8 Å². The van der Waals surface area contributed by atoms with Gasteiger partial charge in [-0.05, 0) is 42.0 Å². The van der Waals surface area contributed by atoms with Gasteiger partial charge in [-0.2, -0.15) is 0 Å². The Morgan fingerprint density at radius 2 is 1.80 bits per heavy atom. The first kappa shape index (κ1) is 14.8. The fourth-order valence-electron chi connectivity index (χ4n) is 1.75. The molecular weight excluding hydrogens is 270 g/mol. The summed E-state index contributed by atoms with van der Waals surface area (Å²) >= 11 is 1.77. The van der Waals surface area contributed by atoms with Crippen molar-refractivity contribution in [3.8, 4) is 11.5 Å². The minimum absolute atomic E-state index is 0.580. The Kier molecular flexibility index (Phi) is 5.77. The van der Waals surface area contributed by atoms with Crippen LogP contribution in [0.2, 0.25) is 0 Å². The molecule has 2 aromatic rings. The lowest BCUT2D eigenvalue weighted by atomic mass is 10.2. The van der Waals surface area contributed by atoms with Gasteiger partial charge in [-0.3, -0.25) is 0 Å². The van der Waals surface area contributed by atoms with Crippen LogP contribution in [0.1, 0.15) is 5.56 Å². The van der Waals surface area contributed by atoms with Crippen LogP contribution in [-0.4, -0.2) is 19.5 Å². The van der Waals surface area contributed by atoms with Crippen LogP contribution in [0.15, 0.2) is 53.4 Å². The van der Waals surface area contributed by atoms with Crippen LogP contribution in [0, 0.1) is 0 Å². The van der Waals surface area contributed by atoms with Gasteiger partial charge >= 0.3 is 0 Å². The van der Waals surface area contributed by atoms with E-state index in [1.807, 2.05) is 36.4 Å². The molecule has 0 fully saturated rings. The van der Waals surface area contributed by atoms with Crippen molar-refractivity contribution in [2.75, 3.05) is 19.5 Å². The lowest BCUT2D eigenvalue weighted by Gasteiger charge is -2.07. The van der Waals surface area contributed by atoms with Crippen LogP contribution in [0.3, 0.4) is 0 Å². The minimum Gasteiger partial charge on any atom is -0.497 e. The Bertz CT molecular complexity index is 528. The second-order valence-corrected chi connectivity index (χ2v) is 5.39. The van der Waals surface area contributed by atoms with Crippen LogP contribution in [-0.2, 0) is 6.54 Å². The van der Waals surface area contributed by atoms with Gasteiger partial charge in [-0.25, -0.2) is 0 Å². The molecule has 0 saturated heterocycles. The zero-order valence-electron chi connectivity index (χ0n) is 11.5. The number of hydrogen-bond acceptors (Lipinski definition) is 4. The number of thioether (sulfide) groups is 1. The third-order valence-electron chi connectivity index (χ3n) is 2.81. The maximum Gasteiger partial charge on any atom is 0.119 e. The van der Waals surface area contributed by atoms with Crippen molar-refractivity contribution in [1.29, 1.82) is 0 Å². The molecule has 4 heteroatoms. The topological polar surface area (TPSA) is 44.5 Å². The first-order valence-electron chi connectivity index (χ1n) is 6.50. The molecule has 0 aliphatic heterocycles. The van der Waals surface area contributed by atoms with Crippen LogP contribution in [0.5, 0.6) is 11.5 Å². The molecule has 2 N–H and O–H groups in total. The van der Waals surface area contributed by atoms with Crippen LogP contribution in [0.25, 0.3) is 0 Å². The zero-order chi connectivity index (χ0) is 14.2. The van der Waals surface area contributed by atoms with E-state index in [1.165, 1.54) is 4.90 Å². The molecule has 0 aliphatic carbocycles. The van der Waals surface area contributed by atoms with Crippen LogP contribution in [0.4, 0.5) is 0 Å². The van der Waals surface area contributed by atoms with E-state index in [-0.39, 0.29) is 0 Å². The number of methoxy groups -OCH3 is 1. The van der Waals surface area contributed by atoms with Gasteiger partial charge in [-0.15, -0.1) is 11.8 Å². The predicted octanol–water partition coefficient (Wildman–Crippen LogP) is 3.33. The average molecular weight is 289 g/mol. The van der Waals surface area contributed by atoms with Crippen LogP contribution >= 0.6 is 11.8 Å². The molecule has 0 spiro atoms. The second kappa shape index (κ2) is 7.82. The SMILES string of the molecule is COc1ccc(OCCSc2cccc(CN)c2)cc1. The average Bonchev–Trinajstić information content (AvgIpc) is 2.52. The molecule has 0 aromatic heterocycles. The minimum atomic E-state index is 0.580. The van der Waals surface area contributed by atoms with Crippen molar-refractivity contribution < 1.29 is 9.47 Å². The normalized spacial score (nSPS) is 10.3. The Balaban J connectivity index is 1.75. The Morgan fingerprint density at radius 1 is 1.05 bits per heavy atom. The standard InChI is InChI=1S/C16H19NO2S/c1-18-14-5-7-15(8-6-14)19-9-10-20-16-4-2-3-13(11-16)12-17/h2-8,11H,9-10,12,17H2,1H3. The van der Waals surface area contributed by atoms with E-state index in [9.17, 15) is 0 Å². The van der Waals surface area contributed by atoms with E-state index in [4.69, 9.17) is 15.2 Å². The van der Waals surface area contributed by atoms with E-state index in [0.29, 0.717) is 13.2 Å². The van der Waals surface area contributed by atoms with Crippen molar-refractivity contribution in [2.45, 2.75) is 11.4 Å². The molecule has 0 bridgehead atoms. The largest absolute Gasteiger partial charge is 0.497 e. The predicted molar refractivity (Wildman–Crippen MR) is 83.5 cm³/mol. The Labute approximate surface area is 124 Å². The molecule has 0 atom stereocenters. The summed E-state index contributed by atoms with van der Waals surface area (Å²) in [7, 11) is 1.65. The van der Waals surface area contributed by atoms with E-state index in [1.54, 1.807) is 18.9 Å². The summed E-state index contributed by atoms with van der Waals surface area (Å²) in [4.78, 5) is 1.23. The third-order valence-corrected chi connectivity index (χ3v) is 3.77. The quantitative estimate of drug-likeness (QED) is 0.627. The molecule has 0 heterocycles. The summed E-state index contributed by atoms with van der Waals surface area (Å²) in [6, 6.07) is 15.9. The molecule has 0 unspecified atom stereocenters. The molecular formula is C16H19NO2S. The van der Waals surface area contributed by atoms with Crippen LogP contribution < -0.4 is 15.2 Å². The van der Waals surface area contributed by atoms with Crippen molar-refractivity contribution in [3.05, 3.63) is 54.1 Å². The smallest absolute Gasteiger partial charge is 0.119 e. The number of benzene rings is 2. The maximum absolute atomic E-state index is 5.68. The van der Waals surface area contributed by atoms with Gasteiger partial charge in [-0.1, -0.05) is 12.1 Å². The molecule has 0 saturated carbocycles. The lowest BCUT2D eigenvalue weighted by molar-refractivity contribution is 0.342. The highest BCUT2D eigenvalue weighted by Crippen LogP contribution is 2.20. The highest BCUT2D eigenvalue weighted by molar-refractivity contribution is 7.99. The first-order chi connectivity index (χ1) is 9.81. The fourth-order valence-corrected chi connectivity index (χ4v) is 2.57.